The summed E-state index contributed by atoms with van der Waals surface area (Å²) in [7, 11) is 0. The van der Waals surface area contributed by atoms with E-state index in [-0.39, 0.29) is 0 Å². The molecule has 1 aromatic rings. The lowest BCUT2D eigenvalue weighted by Crippen LogP contribution is -2.07. The third kappa shape index (κ3) is 4.12. The second-order valence-electron chi connectivity index (χ2n) is 2.84. The third-order valence-electron chi connectivity index (χ3n) is 1.55. The highest BCUT2D eigenvalue weighted by Crippen LogP contribution is 2.02. The number of hydrogen-bond acceptors (Lipinski definition) is 4. The summed E-state index contributed by atoms with van der Waals surface area (Å²) < 4.78 is 0. The molecule has 0 unspecified atom stereocenters. The summed E-state index contributed by atoms with van der Waals surface area (Å²) in [5.74, 6) is 1.48. The lowest BCUT2D eigenvalue weighted by Gasteiger charge is -2.03. The van der Waals surface area contributed by atoms with Gasteiger partial charge in [0.05, 0.1) is 18.1 Å². The highest BCUT2D eigenvalue weighted by atomic mass is 15.0. The van der Waals surface area contributed by atoms with Crippen molar-refractivity contribution >= 4 is 18.2 Å². The lowest BCUT2D eigenvalue weighted by molar-refractivity contribution is 1.06. The lowest BCUT2D eigenvalue weighted by atomic mass is 10.5. The molecular formula is C10H13N5. The minimum absolute atomic E-state index is 0.738. The molecule has 1 rings (SSSR count). The van der Waals surface area contributed by atoms with Crippen LogP contribution in [0, 0.1) is 6.92 Å². The second-order valence-corrected chi connectivity index (χ2v) is 2.84. The molecule has 0 radical (unpaired) electrons. The van der Waals surface area contributed by atoms with Crippen molar-refractivity contribution in [2.45, 2.75) is 13.8 Å². The van der Waals surface area contributed by atoms with E-state index in [4.69, 9.17) is 0 Å². The van der Waals surface area contributed by atoms with Crippen LogP contribution in [0.3, 0.4) is 0 Å². The van der Waals surface area contributed by atoms with Gasteiger partial charge in [-0.25, -0.2) is 15.0 Å². The fourth-order valence-corrected chi connectivity index (χ4v) is 0.891. The first-order valence-electron chi connectivity index (χ1n) is 4.43. The Bertz CT molecular complexity index is 377. The van der Waals surface area contributed by atoms with Crippen molar-refractivity contribution in [3.63, 3.8) is 0 Å². The van der Waals surface area contributed by atoms with Gasteiger partial charge >= 0.3 is 0 Å². The van der Waals surface area contributed by atoms with E-state index >= 15 is 0 Å². The van der Waals surface area contributed by atoms with Crippen molar-refractivity contribution in [3.8, 4) is 0 Å². The zero-order valence-electron chi connectivity index (χ0n) is 8.81. The molecule has 0 saturated carbocycles. The van der Waals surface area contributed by atoms with Crippen LogP contribution in [0.2, 0.25) is 0 Å². The molecule has 0 aromatic carbocycles. The van der Waals surface area contributed by atoms with E-state index in [1.54, 1.807) is 18.6 Å². The minimum Gasteiger partial charge on any atom is -0.341 e. The number of hydrogen-bond donors (Lipinski definition) is 1. The van der Waals surface area contributed by atoms with Crippen molar-refractivity contribution in [2.24, 2.45) is 9.98 Å². The third-order valence-corrected chi connectivity index (χ3v) is 1.55. The zero-order chi connectivity index (χ0) is 11.1. The quantitative estimate of drug-likeness (QED) is 0.601. The van der Waals surface area contributed by atoms with E-state index in [1.807, 2.05) is 13.8 Å². The number of nitrogens with one attached hydrogen (secondary N) is 1. The van der Waals surface area contributed by atoms with Gasteiger partial charge in [0.1, 0.15) is 11.7 Å². The maximum atomic E-state index is 4.07. The molecule has 1 heterocycles. The van der Waals surface area contributed by atoms with Gasteiger partial charge in [-0.05, 0) is 20.6 Å². The monoisotopic (exact) mass is 203 g/mol. The largest absolute Gasteiger partial charge is 0.341 e. The molecule has 0 atom stereocenters. The number of aromatic nitrogens is 2. The van der Waals surface area contributed by atoms with Gasteiger partial charge in [-0.2, -0.15) is 0 Å². The number of rotatable bonds is 3. The molecule has 78 valence electrons. The number of nitrogens with zero attached hydrogens (tertiary/aromatic N) is 4. The summed E-state index contributed by atoms with van der Waals surface area (Å²) in [5.41, 5.74) is 0.807. The number of aryl methyl sites for hydroxylation is 1. The zero-order valence-corrected chi connectivity index (χ0v) is 8.81. The van der Waals surface area contributed by atoms with Gasteiger partial charge in [0, 0.05) is 12.4 Å². The van der Waals surface area contributed by atoms with Crippen molar-refractivity contribution in [2.75, 3.05) is 5.32 Å². The SMILES string of the molecule is C=N/C=C\N=C(C)Nc1cnc(C)nc1. The Balaban J connectivity index is 2.61. The summed E-state index contributed by atoms with van der Waals surface area (Å²) in [6.45, 7) is 6.98. The van der Waals surface area contributed by atoms with E-state index in [0.717, 1.165) is 17.3 Å². The van der Waals surface area contributed by atoms with Crippen LogP contribution in [0.15, 0.2) is 34.8 Å². The van der Waals surface area contributed by atoms with Crippen LogP contribution >= 0.6 is 0 Å². The van der Waals surface area contributed by atoms with Gasteiger partial charge < -0.3 is 5.32 Å². The van der Waals surface area contributed by atoms with Gasteiger partial charge in [-0.15, -0.1) is 0 Å². The van der Waals surface area contributed by atoms with E-state index in [0.29, 0.717) is 0 Å². The fourth-order valence-electron chi connectivity index (χ4n) is 0.891. The average molecular weight is 203 g/mol. The molecule has 0 bridgehead atoms. The van der Waals surface area contributed by atoms with Crippen LogP contribution in [0.1, 0.15) is 12.7 Å². The molecular weight excluding hydrogens is 190 g/mol. The van der Waals surface area contributed by atoms with Crippen molar-refractivity contribution < 1.29 is 0 Å². The van der Waals surface area contributed by atoms with Gasteiger partial charge in [-0.1, -0.05) is 0 Å². The van der Waals surface area contributed by atoms with Crippen LogP contribution in [0.25, 0.3) is 0 Å². The highest BCUT2D eigenvalue weighted by Gasteiger charge is 1.93. The summed E-state index contributed by atoms with van der Waals surface area (Å²) in [6, 6.07) is 0. The van der Waals surface area contributed by atoms with Crippen LogP contribution in [-0.2, 0) is 0 Å². The maximum Gasteiger partial charge on any atom is 0.125 e. The van der Waals surface area contributed by atoms with Crippen LogP contribution in [0.5, 0.6) is 0 Å². The molecule has 0 fully saturated rings. The van der Waals surface area contributed by atoms with Crippen molar-refractivity contribution in [3.05, 3.63) is 30.6 Å². The van der Waals surface area contributed by atoms with Gasteiger partial charge in [0.2, 0.25) is 0 Å². The molecule has 1 aromatic heterocycles. The van der Waals surface area contributed by atoms with E-state index in [9.17, 15) is 0 Å². The summed E-state index contributed by atoms with van der Waals surface area (Å²) in [4.78, 5) is 15.7. The van der Waals surface area contributed by atoms with E-state index in [1.165, 1.54) is 6.20 Å². The maximum absolute atomic E-state index is 4.07. The second kappa shape index (κ2) is 5.64. The molecule has 0 aliphatic rings. The molecule has 0 amide bonds. The van der Waals surface area contributed by atoms with Crippen molar-refractivity contribution in [1.82, 2.24) is 9.97 Å². The predicted octanol–water partition coefficient (Wildman–Crippen LogP) is 1.79. The average Bonchev–Trinajstić information content (AvgIpc) is 2.22. The molecule has 0 saturated heterocycles. The topological polar surface area (TPSA) is 62.5 Å². The molecule has 0 aliphatic carbocycles. The highest BCUT2D eigenvalue weighted by molar-refractivity contribution is 5.93. The minimum atomic E-state index is 0.738. The van der Waals surface area contributed by atoms with Crippen molar-refractivity contribution in [1.29, 1.82) is 0 Å². The normalized spacial score (nSPS) is 11.7. The Morgan fingerprint density at radius 1 is 1.40 bits per heavy atom. The molecule has 1 N–H and O–H groups in total. The van der Waals surface area contributed by atoms with Gasteiger partial charge in [0.15, 0.2) is 0 Å². The smallest absolute Gasteiger partial charge is 0.125 e. The Hall–Kier alpha value is -2.04. The molecule has 0 spiro atoms. The Kier molecular flexibility index (Phi) is 4.15. The molecule has 0 aliphatic heterocycles. The Morgan fingerprint density at radius 2 is 2.07 bits per heavy atom. The summed E-state index contributed by atoms with van der Waals surface area (Å²) >= 11 is 0. The molecule has 15 heavy (non-hydrogen) atoms. The Morgan fingerprint density at radius 3 is 2.67 bits per heavy atom. The standard InChI is InChI=1S/C10H13N5/c1-8-13-6-10(7-14-8)15-9(2)12-5-4-11-3/h4-7H,3H2,1-2H3,(H,12,15)/b5-4-. The summed E-state index contributed by atoms with van der Waals surface area (Å²) in [6.07, 6.45) is 6.48. The van der Waals surface area contributed by atoms with Crippen LogP contribution in [0.4, 0.5) is 5.69 Å². The van der Waals surface area contributed by atoms with E-state index in [2.05, 4.69) is 32.0 Å². The molecule has 5 heteroatoms. The molecule has 5 nitrogen and oxygen atoms in total. The first kappa shape index (κ1) is 11.0. The number of amidine groups is 1. The predicted molar refractivity (Wildman–Crippen MR) is 62.2 cm³/mol. The summed E-state index contributed by atoms with van der Waals surface area (Å²) in [5, 5.41) is 3.04. The number of aliphatic imine (C=N–C) groups is 2. The number of anilines is 1. The first-order chi connectivity index (χ1) is 7.22. The van der Waals surface area contributed by atoms with Gasteiger partial charge in [-0.3, -0.25) is 4.99 Å². The Labute approximate surface area is 88.7 Å². The van der Waals surface area contributed by atoms with Crippen LogP contribution in [-0.4, -0.2) is 22.5 Å². The van der Waals surface area contributed by atoms with E-state index < -0.39 is 0 Å². The van der Waals surface area contributed by atoms with Crippen LogP contribution < -0.4 is 5.32 Å². The fraction of sp³-hybridized carbons (Fsp3) is 0.200. The van der Waals surface area contributed by atoms with Gasteiger partial charge in [0.25, 0.3) is 0 Å². The first-order valence-corrected chi connectivity index (χ1v) is 4.43.